The molecule has 0 spiro atoms. The molecule has 0 fully saturated rings. The van der Waals surface area contributed by atoms with Gasteiger partial charge in [0, 0.05) is 0 Å². The highest BCUT2D eigenvalue weighted by Gasteiger charge is 2.17. The maximum absolute atomic E-state index is 10.7. The van der Waals surface area contributed by atoms with Gasteiger partial charge in [0.1, 0.15) is 15.4 Å². The van der Waals surface area contributed by atoms with Crippen LogP contribution in [0.15, 0.2) is 17.4 Å². The predicted octanol–water partition coefficient (Wildman–Crippen LogP) is 2.09. The van der Waals surface area contributed by atoms with Crippen molar-refractivity contribution in [2.24, 2.45) is 0 Å². The van der Waals surface area contributed by atoms with E-state index in [4.69, 9.17) is 16.7 Å². The molecule has 1 heterocycles. The highest BCUT2D eigenvalue weighted by molar-refractivity contribution is 8.00. The van der Waals surface area contributed by atoms with Gasteiger partial charge in [-0.1, -0.05) is 30.3 Å². The molecule has 0 amide bonds. The topological polar surface area (TPSA) is 63.1 Å². The van der Waals surface area contributed by atoms with Gasteiger partial charge in [0.05, 0.1) is 12.4 Å². The maximum atomic E-state index is 10.7. The Morgan fingerprint density at radius 2 is 2.43 bits per heavy atom. The summed E-state index contributed by atoms with van der Waals surface area (Å²) >= 11 is 6.77. The van der Waals surface area contributed by atoms with Gasteiger partial charge in [-0.05, 0) is 6.42 Å². The van der Waals surface area contributed by atoms with E-state index in [2.05, 4.69) is 9.97 Å². The zero-order chi connectivity index (χ0) is 10.6. The smallest absolute Gasteiger partial charge is 0.317 e. The fraction of sp³-hybridized carbons (Fsp3) is 0.375. The Hall–Kier alpha value is -0.810. The standard InChI is InChI=1S/C8H9ClN2O2S/c1-2-5(8(12)13)14-7-4-10-3-6(9)11-7/h3-5H,2H2,1H3,(H,12,13). The minimum Gasteiger partial charge on any atom is -0.480 e. The second kappa shape index (κ2) is 5.17. The molecule has 14 heavy (non-hydrogen) atoms. The molecule has 1 atom stereocenters. The van der Waals surface area contributed by atoms with Gasteiger partial charge in [0.2, 0.25) is 0 Å². The van der Waals surface area contributed by atoms with E-state index in [1.165, 1.54) is 12.4 Å². The van der Waals surface area contributed by atoms with E-state index < -0.39 is 11.2 Å². The first-order chi connectivity index (χ1) is 6.63. The third-order valence-electron chi connectivity index (χ3n) is 1.49. The zero-order valence-electron chi connectivity index (χ0n) is 7.48. The van der Waals surface area contributed by atoms with Gasteiger partial charge < -0.3 is 5.11 Å². The van der Waals surface area contributed by atoms with Crippen LogP contribution in [-0.2, 0) is 4.79 Å². The summed E-state index contributed by atoms with van der Waals surface area (Å²) in [6, 6.07) is 0. The summed E-state index contributed by atoms with van der Waals surface area (Å²) in [4.78, 5) is 18.5. The first kappa shape index (κ1) is 11.3. The highest BCUT2D eigenvalue weighted by atomic mass is 35.5. The zero-order valence-corrected chi connectivity index (χ0v) is 9.05. The lowest BCUT2D eigenvalue weighted by molar-refractivity contribution is -0.136. The van der Waals surface area contributed by atoms with Crippen LogP contribution in [0.3, 0.4) is 0 Å². The van der Waals surface area contributed by atoms with E-state index in [9.17, 15) is 4.79 Å². The van der Waals surface area contributed by atoms with Crippen LogP contribution in [0.1, 0.15) is 13.3 Å². The first-order valence-electron chi connectivity index (χ1n) is 4.00. The normalized spacial score (nSPS) is 12.4. The van der Waals surface area contributed by atoms with Crippen LogP contribution < -0.4 is 0 Å². The van der Waals surface area contributed by atoms with Gasteiger partial charge in [0.15, 0.2) is 0 Å². The van der Waals surface area contributed by atoms with Gasteiger partial charge in [0.25, 0.3) is 0 Å². The van der Waals surface area contributed by atoms with Gasteiger partial charge in [-0.3, -0.25) is 9.78 Å². The molecule has 0 aliphatic carbocycles. The summed E-state index contributed by atoms with van der Waals surface area (Å²) in [6.07, 6.45) is 3.45. The molecule has 0 radical (unpaired) electrons. The third kappa shape index (κ3) is 3.16. The summed E-state index contributed by atoms with van der Waals surface area (Å²) in [7, 11) is 0. The van der Waals surface area contributed by atoms with Gasteiger partial charge in [-0.2, -0.15) is 0 Å². The van der Waals surface area contributed by atoms with Crippen molar-refractivity contribution in [3.63, 3.8) is 0 Å². The number of hydrogen-bond acceptors (Lipinski definition) is 4. The molecule has 0 aromatic carbocycles. The first-order valence-corrected chi connectivity index (χ1v) is 5.26. The number of carbonyl (C=O) groups is 1. The lowest BCUT2D eigenvalue weighted by Gasteiger charge is -2.07. The van der Waals surface area contributed by atoms with E-state index >= 15 is 0 Å². The summed E-state index contributed by atoms with van der Waals surface area (Å²) in [5, 5.41) is 9.11. The van der Waals surface area contributed by atoms with Gasteiger partial charge in [-0.15, -0.1) is 0 Å². The average molecular weight is 233 g/mol. The minimum absolute atomic E-state index is 0.273. The number of halogens is 1. The van der Waals surface area contributed by atoms with Crippen LogP contribution in [-0.4, -0.2) is 26.3 Å². The molecule has 1 unspecified atom stereocenters. The van der Waals surface area contributed by atoms with E-state index in [0.29, 0.717) is 11.4 Å². The number of thioether (sulfide) groups is 1. The van der Waals surface area contributed by atoms with Crippen LogP contribution in [0.25, 0.3) is 0 Å². The molecular weight excluding hydrogens is 224 g/mol. The summed E-state index contributed by atoms with van der Waals surface area (Å²) < 4.78 is 0. The van der Waals surface area contributed by atoms with Crippen molar-refractivity contribution in [2.45, 2.75) is 23.6 Å². The second-order valence-corrected chi connectivity index (χ2v) is 4.14. The van der Waals surface area contributed by atoms with Gasteiger partial charge in [-0.25, -0.2) is 4.98 Å². The van der Waals surface area contributed by atoms with Gasteiger partial charge >= 0.3 is 5.97 Å². The van der Waals surface area contributed by atoms with Crippen molar-refractivity contribution < 1.29 is 9.90 Å². The van der Waals surface area contributed by atoms with Crippen molar-refractivity contribution in [1.82, 2.24) is 9.97 Å². The third-order valence-corrected chi connectivity index (χ3v) is 2.93. The number of aliphatic carboxylic acids is 1. The number of carboxylic acid groups (broad SMARTS) is 1. The molecule has 1 N–H and O–H groups in total. The van der Waals surface area contributed by atoms with E-state index in [1.54, 1.807) is 0 Å². The molecule has 6 heteroatoms. The SMILES string of the molecule is CCC(Sc1cncc(Cl)n1)C(=O)O. The van der Waals surface area contributed by atoms with Crippen LogP contribution in [0, 0.1) is 0 Å². The molecule has 4 nitrogen and oxygen atoms in total. The Balaban J connectivity index is 2.72. The number of nitrogens with zero attached hydrogens (tertiary/aromatic N) is 2. The number of carboxylic acids is 1. The maximum Gasteiger partial charge on any atom is 0.317 e. The van der Waals surface area contributed by atoms with Crippen molar-refractivity contribution in [3.8, 4) is 0 Å². The fourth-order valence-corrected chi connectivity index (χ4v) is 1.87. The molecule has 0 aliphatic rings. The molecule has 0 saturated heterocycles. The fourth-order valence-electron chi connectivity index (χ4n) is 0.836. The van der Waals surface area contributed by atoms with Crippen molar-refractivity contribution in [3.05, 3.63) is 17.5 Å². The monoisotopic (exact) mass is 232 g/mol. The molecular formula is C8H9ClN2O2S. The average Bonchev–Trinajstić information content (AvgIpc) is 2.14. The number of hydrogen-bond donors (Lipinski definition) is 1. The van der Waals surface area contributed by atoms with Crippen LogP contribution in [0.4, 0.5) is 0 Å². The van der Waals surface area contributed by atoms with Crippen LogP contribution in [0.2, 0.25) is 5.15 Å². The van der Waals surface area contributed by atoms with Crippen LogP contribution in [0.5, 0.6) is 0 Å². The van der Waals surface area contributed by atoms with Crippen molar-refractivity contribution in [1.29, 1.82) is 0 Å². The molecule has 0 bridgehead atoms. The Morgan fingerprint density at radius 1 is 1.71 bits per heavy atom. The van der Waals surface area contributed by atoms with Crippen LogP contribution >= 0.6 is 23.4 Å². The molecule has 1 aromatic rings. The minimum atomic E-state index is -0.848. The Morgan fingerprint density at radius 3 is 2.93 bits per heavy atom. The summed E-state index contributed by atoms with van der Waals surface area (Å²) in [5.41, 5.74) is 0. The Bertz CT molecular complexity index is 335. The quantitative estimate of drug-likeness (QED) is 0.806. The Labute approximate surface area is 90.7 Å². The molecule has 0 saturated carbocycles. The van der Waals surface area contributed by atoms with Crippen molar-refractivity contribution in [2.75, 3.05) is 0 Å². The highest BCUT2D eigenvalue weighted by Crippen LogP contribution is 2.23. The molecule has 1 aromatic heterocycles. The number of rotatable bonds is 4. The van der Waals surface area contributed by atoms with E-state index in [0.717, 1.165) is 11.8 Å². The molecule has 76 valence electrons. The lowest BCUT2D eigenvalue weighted by Crippen LogP contribution is -2.14. The Kier molecular flexibility index (Phi) is 4.16. The summed E-state index contributed by atoms with van der Waals surface area (Å²) in [5.74, 6) is -0.848. The number of aromatic nitrogens is 2. The second-order valence-electron chi connectivity index (χ2n) is 2.53. The molecule has 1 rings (SSSR count). The predicted molar refractivity (Wildman–Crippen MR) is 54.6 cm³/mol. The lowest BCUT2D eigenvalue weighted by atomic mass is 10.3. The van der Waals surface area contributed by atoms with E-state index in [-0.39, 0.29) is 5.15 Å². The largest absolute Gasteiger partial charge is 0.480 e. The van der Waals surface area contributed by atoms with E-state index in [1.807, 2.05) is 6.92 Å². The summed E-state index contributed by atoms with van der Waals surface area (Å²) in [6.45, 7) is 1.81. The van der Waals surface area contributed by atoms with Crippen molar-refractivity contribution >= 4 is 29.3 Å². The molecule has 0 aliphatic heterocycles.